The third-order valence-electron chi connectivity index (χ3n) is 4.82. The van der Waals surface area contributed by atoms with Crippen LogP contribution in [0.1, 0.15) is 22.3 Å². The highest BCUT2D eigenvalue weighted by molar-refractivity contribution is 5.79. The van der Waals surface area contributed by atoms with Gasteiger partial charge in [0.25, 0.3) is 0 Å². The zero-order valence-corrected chi connectivity index (χ0v) is 18.2. The summed E-state index contributed by atoms with van der Waals surface area (Å²) in [4.78, 5) is 7.48. The fraction of sp³-hybridized carbons (Fsp3) is 0.200. The molecule has 0 spiro atoms. The number of halogens is 12. The Morgan fingerprint density at radius 1 is 0.462 bits per heavy atom. The van der Waals surface area contributed by atoms with E-state index >= 15 is 0 Å². The van der Waals surface area contributed by atoms with Crippen LogP contribution in [0.25, 0.3) is 11.3 Å². The van der Waals surface area contributed by atoms with Crippen molar-refractivity contribution in [3.05, 3.63) is 58.7 Å². The van der Waals surface area contributed by atoms with Crippen molar-refractivity contribution < 1.29 is 57.3 Å². The fourth-order valence-electron chi connectivity index (χ4n) is 3.14. The summed E-state index contributed by atoms with van der Waals surface area (Å²) in [5, 5.41) is 10.8. The smallest absolute Gasteiger partial charge is 0.337 e. The number of hydrogen-bond donors (Lipinski definition) is 2. The van der Waals surface area contributed by atoms with Gasteiger partial charge in [0.05, 0.1) is 22.3 Å². The van der Waals surface area contributed by atoms with E-state index in [0.29, 0.717) is 0 Å². The Kier molecular flexibility index (Phi) is 6.50. The van der Waals surface area contributed by atoms with E-state index < -0.39 is 81.3 Å². The van der Waals surface area contributed by atoms with E-state index in [-0.39, 0.29) is 36.4 Å². The molecular weight excluding hydrogens is 568 g/mol. The monoisotopic (exact) mass is 576 g/mol. The molecule has 0 aliphatic rings. The molecule has 4 aromatic rings. The molecule has 4 rings (SSSR count). The number of nitrogens with one attached hydrogen (secondary N) is 2. The predicted octanol–water partition coefficient (Wildman–Crippen LogP) is 7.58. The summed E-state index contributed by atoms with van der Waals surface area (Å²) in [6.45, 7) is 0. The van der Waals surface area contributed by atoms with E-state index in [1.54, 1.807) is 0 Å². The van der Waals surface area contributed by atoms with Crippen LogP contribution in [0, 0.1) is 0 Å². The van der Waals surface area contributed by atoms with Gasteiger partial charge >= 0.3 is 24.7 Å². The molecule has 208 valence electrons. The maximum absolute atomic E-state index is 13.2. The van der Waals surface area contributed by atoms with Gasteiger partial charge in [-0.25, -0.2) is 14.6 Å². The Morgan fingerprint density at radius 2 is 0.744 bits per heavy atom. The first-order valence-corrected chi connectivity index (χ1v) is 9.94. The quantitative estimate of drug-likeness (QED) is 0.242. The van der Waals surface area contributed by atoms with Gasteiger partial charge in [-0.3, -0.25) is 0 Å². The molecule has 0 radical (unpaired) electrons. The standard InChI is InChI=1S/C20H8F12N6O/c21-17(22,23)7-1-8(18(24,25)26)4-11(3-7)33-13-14(36-16-15(35-13)37-39-38-16)34-12-5-9(19(27,28)29)2-10(6-12)20(30,31)32/h1-6H,(H,33,35,37)(H,34,36,38). The lowest BCUT2D eigenvalue weighted by Gasteiger charge is -2.17. The molecule has 0 atom stereocenters. The van der Waals surface area contributed by atoms with E-state index in [9.17, 15) is 52.7 Å². The van der Waals surface area contributed by atoms with Gasteiger partial charge in [0.15, 0.2) is 11.6 Å². The highest BCUT2D eigenvalue weighted by atomic mass is 19.4. The number of rotatable bonds is 4. The summed E-state index contributed by atoms with van der Waals surface area (Å²) >= 11 is 0. The molecule has 2 N–H and O–H groups in total. The topological polar surface area (TPSA) is 88.8 Å². The molecule has 2 aromatic heterocycles. The minimum atomic E-state index is -5.23. The van der Waals surface area contributed by atoms with Crippen LogP contribution in [0.5, 0.6) is 0 Å². The van der Waals surface area contributed by atoms with Crippen molar-refractivity contribution >= 4 is 34.3 Å². The molecular formula is C20H8F12N6O. The Labute approximate surface area is 206 Å². The van der Waals surface area contributed by atoms with Gasteiger partial charge < -0.3 is 10.6 Å². The van der Waals surface area contributed by atoms with Crippen LogP contribution < -0.4 is 10.6 Å². The van der Waals surface area contributed by atoms with Crippen LogP contribution in [0.15, 0.2) is 41.0 Å². The molecule has 39 heavy (non-hydrogen) atoms. The molecule has 0 bridgehead atoms. The number of benzene rings is 2. The van der Waals surface area contributed by atoms with Crippen LogP contribution in [0.2, 0.25) is 0 Å². The fourth-order valence-corrected chi connectivity index (χ4v) is 3.14. The van der Waals surface area contributed by atoms with Gasteiger partial charge in [0.2, 0.25) is 11.3 Å². The van der Waals surface area contributed by atoms with Gasteiger partial charge in [-0.15, -0.1) is 0 Å². The molecule has 0 unspecified atom stereocenters. The number of fused-ring (bicyclic) bond motifs is 1. The molecule has 0 saturated heterocycles. The molecule has 2 heterocycles. The first kappa shape index (κ1) is 27.7. The van der Waals surface area contributed by atoms with Crippen molar-refractivity contribution in [1.82, 2.24) is 20.3 Å². The van der Waals surface area contributed by atoms with Crippen molar-refractivity contribution in [3.8, 4) is 0 Å². The second kappa shape index (κ2) is 9.16. The lowest BCUT2D eigenvalue weighted by molar-refractivity contribution is -0.144. The third-order valence-corrected chi connectivity index (χ3v) is 4.82. The molecule has 7 nitrogen and oxygen atoms in total. The Bertz CT molecular complexity index is 1350. The molecule has 2 aromatic carbocycles. The Morgan fingerprint density at radius 3 is 1.00 bits per heavy atom. The molecule has 0 aliphatic heterocycles. The third kappa shape index (κ3) is 6.23. The van der Waals surface area contributed by atoms with Crippen LogP contribution in [-0.2, 0) is 24.7 Å². The molecule has 0 aliphatic carbocycles. The number of aromatic nitrogens is 4. The molecule has 0 fully saturated rings. The maximum Gasteiger partial charge on any atom is 0.416 e. The lowest BCUT2D eigenvalue weighted by atomic mass is 10.1. The Balaban J connectivity index is 1.84. The number of hydrogen-bond acceptors (Lipinski definition) is 7. The summed E-state index contributed by atoms with van der Waals surface area (Å²) in [7, 11) is 0. The summed E-state index contributed by atoms with van der Waals surface area (Å²) in [6.07, 6.45) is -20.9. The van der Waals surface area contributed by atoms with E-state index in [2.05, 4.69) is 35.5 Å². The molecule has 0 amide bonds. The van der Waals surface area contributed by atoms with E-state index in [1.165, 1.54) is 0 Å². The summed E-state index contributed by atoms with van der Waals surface area (Å²) in [5.74, 6) is -1.48. The Hall–Kier alpha value is -4.32. The summed E-state index contributed by atoms with van der Waals surface area (Å²) in [6, 6.07) is 0.718. The average molecular weight is 576 g/mol. The van der Waals surface area contributed by atoms with E-state index in [4.69, 9.17) is 0 Å². The van der Waals surface area contributed by atoms with Crippen LogP contribution in [0.3, 0.4) is 0 Å². The van der Waals surface area contributed by atoms with Crippen LogP contribution in [0.4, 0.5) is 75.7 Å². The average Bonchev–Trinajstić information content (AvgIpc) is 3.24. The van der Waals surface area contributed by atoms with Crippen molar-refractivity contribution in [2.75, 3.05) is 10.6 Å². The second-order valence-electron chi connectivity index (χ2n) is 7.67. The summed E-state index contributed by atoms with van der Waals surface area (Å²) < 4.78 is 163. The highest BCUT2D eigenvalue weighted by Crippen LogP contribution is 2.40. The second-order valence-corrected chi connectivity index (χ2v) is 7.67. The number of nitrogens with zero attached hydrogens (tertiary/aromatic N) is 4. The van der Waals surface area contributed by atoms with E-state index in [0.717, 1.165) is 0 Å². The first-order chi connectivity index (χ1) is 17.8. The molecule has 19 heteroatoms. The minimum absolute atomic E-state index is 0.165. The zero-order chi connectivity index (χ0) is 29.0. The first-order valence-electron chi connectivity index (χ1n) is 9.94. The van der Waals surface area contributed by atoms with Gasteiger partial charge in [-0.05, 0) is 46.7 Å². The van der Waals surface area contributed by atoms with Gasteiger partial charge in [-0.2, -0.15) is 52.7 Å². The van der Waals surface area contributed by atoms with Crippen molar-refractivity contribution in [1.29, 1.82) is 0 Å². The molecule has 0 saturated carbocycles. The SMILES string of the molecule is FC(F)(F)c1cc(Nc2nc3nonc3nc2Nc2cc(C(F)(F)F)cc(C(F)(F)F)c2)cc(C(F)(F)F)c1. The van der Waals surface area contributed by atoms with Crippen LogP contribution >= 0.6 is 0 Å². The minimum Gasteiger partial charge on any atom is -0.337 e. The number of alkyl halides is 12. The van der Waals surface area contributed by atoms with Gasteiger partial charge in [0, 0.05) is 11.4 Å². The predicted molar refractivity (Wildman–Crippen MR) is 107 cm³/mol. The van der Waals surface area contributed by atoms with Crippen molar-refractivity contribution in [2.45, 2.75) is 24.7 Å². The zero-order valence-electron chi connectivity index (χ0n) is 18.2. The number of anilines is 4. The van der Waals surface area contributed by atoms with Crippen LogP contribution in [-0.4, -0.2) is 20.3 Å². The maximum atomic E-state index is 13.2. The highest BCUT2D eigenvalue weighted by Gasteiger charge is 2.38. The normalized spacial score (nSPS) is 13.1. The van der Waals surface area contributed by atoms with Crippen molar-refractivity contribution in [2.24, 2.45) is 0 Å². The lowest BCUT2D eigenvalue weighted by Crippen LogP contribution is -2.13. The van der Waals surface area contributed by atoms with Gasteiger partial charge in [-0.1, -0.05) is 0 Å². The van der Waals surface area contributed by atoms with Gasteiger partial charge in [0.1, 0.15) is 0 Å². The van der Waals surface area contributed by atoms with E-state index in [1.807, 2.05) is 0 Å². The largest absolute Gasteiger partial charge is 0.416 e. The van der Waals surface area contributed by atoms with Crippen molar-refractivity contribution in [3.63, 3.8) is 0 Å². The summed E-state index contributed by atoms with van der Waals surface area (Å²) in [5.41, 5.74) is -9.51.